The maximum Gasteiger partial charge on any atom is 0.305 e. The third-order valence-corrected chi connectivity index (χ3v) is 3.39. The molecule has 1 aliphatic rings. The van der Waals surface area contributed by atoms with E-state index in [1.807, 2.05) is 0 Å². The quantitative estimate of drug-likeness (QED) is 0.877. The van der Waals surface area contributed by atoms with Gasteiger partial charge < -0.3 is 14.7 Å². The van der Waals surface area contributed by atoms with Gasteiger partial charge in [-0.25, -0.2) is 0 Å². The summed E-state index contributed by atoms with van der Waals surface area (Å²) in [6.07, 6.45) is 4.72. The van der Waals surface area contributed by atoms with Gasteiger partial charge in [0.2, 0.25) is 0 Å². The maximum absolute atomic E-state index is 12.6. The molecule has 0 fully saturated rings. The third kappa shape index (κ3) is 3.21. The Morgan fingerprint density at radius 2 is 1.96 bits per heavy atom. The summed E-state index contributed by atoms with van der Waals surface area (Å²) in [5.74, 6) is -0.638. The third-order valence-electron chi connectivity index (χ3n) is 3.39. The van der Waals surface area contributed by atoms with Gasteiger partial charge in [-0.3, -0.25) is 14.6 Å². The highest BCUT2D eigenvalue weighted by Gasteiger charge is 2.30. The zero-order chi connectivity index (χ0) is 16.2. The summed E-state index contributed by atoms with van der Waals surface area (Å²) >= 11 is 0. The van der Waals surface area contributed by atoms with Crippen LogP contribution in [0.15, 0.2) is 54.6 Å². The monoisotopic (exact) mass is 310 g/mol. The highest BCUT2D eigenvalue weighted by molar-refractivity contribution is 6.10. The molecule has 1 aromatic heterocycles. The normalized spacial score (nSPS) is 15.2. The number of anilines is 1. The average Bonchev–Trinajstić information content (AvgIpc) is 2.56. The predicted molar refractivity (Wildman–Crippen MR) is 83.9 cm³/mol. The van der Waals surface area contributed by atoms with Crippen molar-refractivity contribution in [2.24, 2.45) is 0 Å². The van der Waals surface area contributed by atoms with Crippen molar-refractivity contribution in [2.45, 2.75) is 6.42 Å². The fourth-order valence-corrected chi connectivity index (χ4v) is 2.30. The number of hydrogen-bond donors (Lipinski definition) is 1. The molecule has 3 rings (SSSR count). The van der Waals surface area contributed by atoms with Crippen molar-refractivity contribution in [1.29, 1.82) is 0 Å². The van der Waals surface area contributed by atoms with Crippen LogP contribution in [-0.2, 0) is 9.59 Å². The number of hydrogen-bond acceptors (Lipinski definition) is 4. The summed E-state index contributed by atoms with van der Waals surface area (Å²) in [5.41, 5.74) is 1.35. The molecule has 0 atom stereocenters. The number of ether oxygens (including phenoxy) is 1. The minimum absolute atomic E-state index is 0.0855. The van der Waals surface area contributed by atoms with E-state index in [-0.39, 0.29) is 24.6 Å². The Bertz CT molecular complexity index is 771. The minimum atomic E-state index is -0.957. The first-order valence-electron chi connectivity index (χ1n) is 7.07. The highest BCUT2D eigenvalue weighted by atomic mass is 16.5. The van der Waals surface area contributed by atoms with E-state index in [4.69, 9.17) is 9.84 Å². The molecule has 0 bridgehead atoms. The smallest absolute Gasteiger partial charge is 0.305 e. The molecule has 1 aliphatic heterocycles. The number of pyridine rings is 1. The van der Waals surface area contributed by atoms with Crippen LogP contribution in [0.5, 0.6) is 5.75 Å². The Kier molecular flexibility index (Phi) is 4.05. The topological polar surface area (TPSA) is 79.7 Å². The van der Waals surface area contributed by atoms with Crippen LogP contribution in [0.4, 0.5) is 5.69 Å². The molecule has 1 aromatic carbocycles. The molecule has 0 saturated heterocycles. The molecule has 2 aromatic rings. The van der Waals surface area contributed by atoms with Gasteiger partial charge in [0.15, 0.2) is 11.5 Å². The van der Waals surface area contributed by atoms with Gasteiger partial charge in [0.25, 0.3) is 5.91 Å². The Morgan fingerprint density at radius 1 is 1.22 bits per heavy atom. The standard InChI is InChI=1S/C17H14N2O4/c20-16(21)7-10-19-13-3-1-2-4-14(13)23-15(17(19)22)11-12-5-8-18-9-6-12/h1-6,8-9,11H,7,10H2,(H,20,21)/b15-11+. The van der Waals surface area contributed by atoms with Gasteiger partial charge in [0, 0.05) is 18.9 Å². The largest absolute Gasteiger partial charge is 0.481 e. The number of nitrogens with zero attached hydrogens (tertiary/aromatic N) is 2. The molecule has 1 N–H and O–H groups in total. The molecule has 23 heavy (non-hydrogen) atoms. The second-order valence-corrected chi connectivity index (χ2v) is 4.96. The van der Waals surface area contributed by atoms with Crippen LogP contribution in [0.2, 0.25) is 0 Å². The van der Waals surface area contributed by atoms with E-state index in [9.17, 15) is 9.59 Å². The summed E-state index contributed by atoms with van der Waals surface area (Å²) in [7, 11) is 0. The van der Waals surface area contributed by atoms with Gasteiger partial charge in [-0.2, -0.15) is 0 Å². The first-order valence-corrected chi connectivity index (χ1v) is 7.07. The van der Waals surface area contributed by atoms with Crippen LogP contribution < -0.4 is 9.64 Å². The second kappa shape index (κ2) is 6.31. The number of rotatable bonds is 4. The molecule has 1 amide bonds. The minimum Gasteiger partial charge on any atom is -0.481 e. The van der Waals surface area contributed by atoms with Crippen molar-refractivity contribution >= 4 is 23.6 Å². The van der Waals surface area contributed by atoms with Crippen LogP contribution in [0, 0.1) is 0 Å². The number of para-hydroxylation sites is 2. The number of carbonyl (C=O) groups excluding carboxylic acids is 1. The fraction of sp³-hybridized carbons (Fsp3) is 0.118. The number of carboxylic acid groups (broad SMARTS) is 1. The first kappa shape index (κ1) is 14.8. The van der Waals surface area contributed by atoms with Crippen molar-refractivity contribution in [3.63, 3.8) is 0 Å². The zero-order valence-corrected chi connectivity index (χ0v) is 12.2. The number of benzene rings is 1. The predicted octanol–water partition coefficient (Wildman–Crippen LogP) is 2.32. The fourth-order valence-electron chi connectivity index (χ4n) is 2.30. The maximum atomic E-state index is 12.6. The Balaban J connectivity index is 1.97. The molecular weight excluding hydrogens is 296 g/mol. The molecule has 6 heteroatoms. The van der Waals surface area contributed by atoms with Crippen molar-refractivity contribution < 1.29 is 19.4 Å². The molecule has 6 nitrogen and oxygen atoms in total. The SMILES string of the molecule is O=C(O)CCN1C(=O)/C(=C\c2ccncc2)Oc2ccccc21. The van der Waals surface area contributed by atoms with Crippen LogP contribution in [0.3, 0.4) is 0 Å². The summed E-state index contributed by atoms with van der Waals surface area (Å²) in [6, 6.07) is 10.6. The van der Waals surface area contributed by atoms with E-state index in [0.29, 0.717) is 11.4 Å². The van der Waals surface area contributed by atoms with E-state index in [0.717, 1.165) is 5.56 Å². The number of aliphatic carboxylic acids is 1. The highest BCUT2D eigenvalue weighted by Crippen LogP contribution is 2.35. The van der Waals surface area contributed by atoms with E-state index in [2.05, 4.69) is 4.98 Å². The van der Waals surface area contributed by atoms with E-state index in [1.54, 1.807) is 54.9 Å². The van der Waals surface area contributed by atoms with Crippen molar-refractivity contribution in [1.82, 2.24) is 4.98 Å². The number of carboxylic acids is 1. The summed E-state index contributed by atoms with van der Waals surface area (Å²) in [5, 5.41) is 8.89. The lowest BCUT2D eigenvalue weighted by molar-refractivity contribution is -0.136. The lowest BCUT2D eigenvalue weighted by Crippen LogP contribution is -2.38. The lowest BCUT2D eigenvalue weighted by Gasteiger charge is -2.30. The van der Waals surface area contributed by atoms with E-state index in [1.165, 1.54) is 4.90 Å². The van der Waals surface area contributed by atoms with Crippen LogP contribution >= 0.6 is 0 Å². The number of carbonyl (C=O) groups is 2. The van der Waals surface area contributed by atoms with Crippen LogP contribution in [-0.4, -0.2) is 28.5 Å². The molecule has 116 valence electrons. The van der Waals surface area contributed by atoms with Crippen molar-refractivity contribution in [3.05, 3.63) is 60.1 Å². The van der Waals surface area contributed by atoms with Crippen LogP contribution in [0.1, 0.15) is 12.0 Å². The molecule has 0 spiro atoms. The Morgan fingerprint density at radius 3 is 2.70 bits per heavy atom. The van der Waals surface area contributed by atoms with Gasteiger partial charge in [0.1, 0.15) is 0 Å². The number of fused-ring (bicyclic) bond motifs is 1. The van der Waals surface area contributed by atoms with Crippen molar-refractivity contribution in [2.75, 3.05) is 11.4 Å². The molecule has 2 heterocycles. The molecular formula is C17H14N2O4. The number of amides is 1. The Hall–Kier alpha value is -3.15. The second-order valence-electron chi connectivity index (χ2n) is 4.96. The van der Waals surface area contributed by atoms with Gasteiger partial charge in [0.05, 0.1) is 12.1 Å². The van der Waals surface area contributed by atoms with Gasteiger partial charge >= 0.3 is 5.97 Å². The average molecular weight is 310 g/mol. The van der Waals surface area contributed by atoms with Gasteiger partial charge in [-0.05, 0) is 35.9 Å². The summed E-state index contributed by atoms with van der Waals surface area (Å²) in [4.78, 5) is 28.8. The molecule has 0 aliphatic carbocycles. The first-order chi connectivity index (χ1) is 11.1. The van der Waals surface area contributed by atoms with Crippen molar-refractivity contribution in [3.8, 4) is 5.75 Å². The zero-order valence-electron chi connectivity index (χ0n) is 12.2. The molecule has 0 radical (unpaired) electrons. The number of aromatic nitrogens is 1. The van der Waals surface area contributed by atoms with E-state index < -0.39 is 5.97 Å². The van der Waals surface area contributed by atoms with Gasteiger partial charge in [-0.1, -0.05) is 12.1 Å². The molecule has 0 unspecified atom stereocenters. The Labute approximate surface area is 132 Å². The summed E-state index contributed by atoms with van der Waals surface area (Å²) in [6.45, 7) is 0.0855. The molecule has 0 saturated carbocycles. The van der Waals surface area contributed by atoms with E-state index >= 15 is 0 Å². The lowest BCUT2D eigenvalue weighted by atomic mass is 10.1. The van der Waals surface area contributed by atoms with Crippen LogP contribution in [0.25, 0.3) is 6.08 Å². The summed E-state index contributed by atoms with van der Waals surface area (Å²) < 4.78 is 5.69. The van der Waals surface area contributed by atoms with Gasteiger partial charge in [-0.15, -0.1) is 0 Å².